The number of rotatable bonds is 3. The molecule has 0 saturated heterocycles. The van der Waals surface area contributed by atoms with Crippen molar-refractivity contribution in [3.63, 3.8) is 0 Å². The van der Waals surface area contributed by atoms with Gasteiger partial charge in [-0.1, -0.05) is 11.6 Å². The highest BCUT2D eigenvalue weighted by atomic mass is 35.5. The van der Waals surface area contributed by atoms with Crippen molar-refractivity contribution in [2.45, 2.75) is 18.7 Å². The van der Waals surface area contributed by atoms with E-state index in [1.54, 1.807) is 19.9 Å². The minimum absolute atomic E-state index is 0.0651. The molecule has 112 valence electrons. The predicted octanol–water partition coefficient (Wildman–Crippen LogP) is 3.48. The van der Waals surface area contributed by atoms with E-state index in [4.69, 9.17) is 17.3 Å². The summed E-state index contributed by atoms with van der Waals surface area (Å²) in [4.78, 5) is 0.0651. The van der Waals surface area contributed by atoms with Crippen LogP contribution in [0.5, 0.6) is 0 Å². The molecular formula is C14H14ClFN2O2S. The quantitative estimate of drug-likeness (QED) is 0.847. The number of aryl methyl sites for hydroxylation is 1. The van der Waals surface area contributed by atoms with Crippen LogP contribution < -0.4 is 10.5 Å². The highest BCUT2D eigenvalue weighted by molar-refractivity contribution is 7.92. The number of nitrogen functional groups attached to an aromatic ring is 1. The maximum Gasteiger partial charge on any atom is 0.262 e. The van der Waals surface area contributed by atoms with Gasteiger partial charge in [-0.15, -0.1) is 0 Å². The lowest BCUT2D eigenvalue weighted by Gasteiger charge is -2.13. The van der Waals surface area contributed by atoms with E-state index in [9.17, 15) is 12.8 Å². The second kappa shape index (κ2) is 5.54. The molecule has 7 heteroatoms. The predicted molar refractivity (Wildman–Crippen MR) is 82.5 cm³/mol. The number of halogens is 2. The Labute approximate surface area is 127 Å². The third-order valence-electron chi connectivity index (χ3n) is 3.10. The molecular weight excluding hydrogens is 315 g/mol. The van der Waals surface area contributed by atoms with Crippen LogP contribution in [0.1, 0.15) is 11.1 Å². The number of hydrogen-bond acceptors (Lipinski definition) is 3. The lowest BCUT2D eigenvalue weighted by atomic mass is 10.1. The van der Waals surface area contributed by atoms with Gasteiger partial charge in [-0.25, -0.2) is 12.8 Å². The van der Waals surface area contributed by atoms with Crippen molar-refractivity contribution in [1.29, 1.82) is 0 Å². The SMILES string of the molecule is Cc1cc(N)cc(S(=O)(=O)Nc2ccc(Cl)c(F)c2)c1C. The smallest absolute Gasteiger partial charge is 0.262 e. The molecule has 4 nitrogen and oxygen atoms in total. The van der Waals surface area contributed by atoms with Gasteiger partial charge in [0.05, 0.1) is 15.6 Å². The lowest BCUT2D eigenvalue weighted by molar-refractivity contribution is 0.600. The molecule has 0 fully saturated rings. The topological polar surface area (TPSA) is 72.2 Å². The van der Waals surface area contributed by atoms with Crippen molar-refractivity contribution in [2.75, 3.05) is 10.5 Å². The fourth-order valence-corrected chi connectivity index (χ4v) is 3.42. The van der Waals surface area contributed by atoms with Gasteiger partial charge in [0.15, 0.2) is 0 Å². The number of nitrogens with one attached hydrogen (secondary N) is 1. The fourth-order valence-electron chi connectivity index (χ4n) is 1.90. The zero-order chi connectivity index (χ0) is 15.8. The Morgan fingerprint density at radius 1 is 1.19 bits per heavy atom. The molecule has 0 aliphatic carbocycles. The van der Waals surface area contributed by atoms with Gasteiger partial charge < -0.3 is 5.73 Å². The molecule has 0 amide bonds. The maximum absolute atomic E-state index is 13.4. The van der Waals surface area contributed by atoms with Crippen molar-refractivity contribution < 1.29 is 12.8 Å². The van der Waals surface area contributed by atoms with Crippen molar-refractivity contribution in [3.8, 4) is 0 Å². The van der Waals surface area contributed by atoms with Crippen LogP contribution in [-0.4, -0.2) is 8.42 Å². The Morgan fingerprint density at radius 2 is 1.86 bits per heavy atom. The molecule has 2 aromatic carbocycles. The number of benzene rings is 2. The van der Waals surface area contributed by atoms with Crippen LogP contribution >= 0.6 is 11.6 Å². The minimum Gasteiger partial charge on any atom is -0.399 e. The third kappa shape index (κ3) is 3.28. The molecule has 0 unspecified atom stereocenters. The molecule has 2 aromatic rings. The first-order valence-corrected chi connectivity index (χ1v) is 7.91. The van der Waals surface area contributed by atoms with E-state index in [-0.39, 0.29) is 15.6 Å². The van der Waals surface area contributed by atoms with Crippen LogP contribution in [0.25, 0.3) is 0 Å². The van der Waals surface area contributed by atoms with Gasteiger partial charge in [0.2, 0.25) is 0 Å². The van der Waals surface area contributed by atoms with E-state index in [2.05, 4.69) is 4.72 Å². The highest BCUT2D eigenvalue weighted by Gasteiger charge is 2.19. The Kier molecular flexibility index (Phi) is 4.11. The van der Waals surface area contributed by atoms with E-state index < -0.39 is 15.8 Å². The maximum atomic E-state index is 13.4. The number of nitrogens with two attached hydrogens (primary N) is 1. The summed E-state index contributed by atoms with van der Waals surface area (Å²) in [6.07, 6.45) is 0. The molecule has 3 N–H and O–H groups in total. The van der Waals surface area contributed by atoms with E-state index in [0.29, 0.717) is 11.3 Å². The van der Waals surface area contributed by atoms with Crippen molar-refractivity contribution >= 4 is 33.0 Å². The summed E-state index contributed by atoms with van der Waals surface area (Å²) in [5, 5.41) is -0.0751. The van der Waals surface area contributed by atoms with Crippen LogP contribution in [0.2, 0.25) is 5.02 Å². The largest absolute Gasteiger partial charge is 0.399 e. The molecule has 0 aliphatic rings. The average molecular weight is 329 g/mol. The molecule has 0 heterocycles. The van der Waals surface area contributed by atoms with E-state index >= 15 is 0 Å². The van der Waals surface area contributed by atoms with Crippen molar-refractivity contribution in [1.82, 2.24) is 0 Å². The van der Waals surface area contributed by atoms with Crippen LogP contribution in [-0.2, 0) is 10.0 Å². The molecule has 21 heavy (non-hydrogen) atoms. The summed E-state index contributed by atoms with van der Waals surface area (Å²) in [5.74, 6) is -0.697. The molecule has 0 spiro atoms. The van der Waals surface area contributed by atoms with Crippen LogP contribution in [0.15, 0.2) is 35.2 Å². The van der Waals surface area contributed by atoms with Gasteiger partial charge in [-0.05, 0) is 55.3 Å². The summed E-state index contributed by atoms with van der Waals surface area (Å²) < 4.78 is 40.5. The Balaban J connectivity index is 2.45. The van der Waals surface area contributed by atoms with E-state index in [1.807, 2.05) is 0 Å². The van der Waals surface area contributed by atoms with Crippen molar-refractivity contribution in [2.24, 2.45) is 0 Å². The molecule has 0 atom stereocenters. The molecule has 0 aromatic heterocycles. The Hall–Kier alpha value is -1.79. The Bertz CT molecular complexity index is 807. The summed E-state index contributed by atoms with van der Waals surface area (Å²) in [6.45, 7) is 3.46. The summed E-state index contributed by atoms with van der Waals surface area (Å²) >= 11 is 5.57. The number of hydrogen-bond donors (Lipinski definition) is 2. The normalized spacial score (nSPS) is 11.4. The van der Waals surface area contributed by atoms with Crippen LogP contribution in [0, 0.1) is 19.7 Å². The second-order valence-electron chi connectivity index (χ2n) is 4.70. The highest BCUT2D eigenvalue weighted by Crippen LogP contribution is 2.26. The first kappa shape index (κ1) is 15.6. The zero-order valence-electron chi connectivity index (χ0n) is 11.4. The lowest BCUT2D eigenvalue weighted by Crippen LogP contribution is -2.15. The summed E-state index contributed by atoms with van der Waals surface area (Å²) in [7, 11) is -3.86. The monoisotopic (exact) mass is 328 g/mol. The molecule has 0 saturated carbocycles. The average Bonchev–Trinajstić information content (AvgIpc) is 2.37. The standard InChI is InChI=1S/C14H14ClFN2O2S/c1-8-5-10(17)6-14(9(8)2)21(19,20)18-11-3-4-12(15)13(16)7-11/h3-7,18H,17H2,1-2H3. The van der Waals surface area contributed by atoms with Crippen molar-refractivity contribution in [3.05, 3.63) is 52.3 Å². The first-order valence-electron chi connectivity index (χ1n) is 6.05. The zero-order valence-corrected chi connectivity index (χ0v) is 13.0. The molecule has 0 radical (unpaired) electrons. The first-order chi connectivity index (χ1) is 9.70. The van der Waals surface area contributed by atoms with E-state index in [0.717, 1.165) is 11.6 Å². The molecule has 2 rings (SSSR count). The number of sulfonamides is 1. The summed E-state index contributed by atoms with van der Waals surface area (Å²) in [6, 6.07) is 6.76. The van der Waals surface area contributed by atoms with Gasteiger partial charge >= 0.3 is 0 Å². The molecule has 0 bridgehead atoms. The third-order valence-corrected chi connectivity index (χ3v) is 4.92. The van der Waals surface area contributed by atoms with Crippen LogP contribution in [0.3, 0.4) is 0 Å². The fraction of sp³-hybridized carbons (Fsp3) is 0.143. The van der Waals surface area contributed by atoms with Gasteiger partial charge in [0.1, 0.15) is 5.82 Å². The van der Waals surface area contributed by atoms with Gasteiger partial charge in [0, 0.05) is 5.69 Å². The second-order valence-corrected chi connectivity index (χ2v) is 6.75. The van der Waals surface area contributed by atoms with E-state index in [1.165, 1.54) is 18.2 Å². The Morgan fingerprint density at radius 3 is 2.48 bits per heavy atom. The number of anilines is 2. The van der Waals surface area contributed by atoms with Gasteiger partial charge in [0.25, 0.3) is 10.0 Å². The minimum atomic E-state index is -3.86. The van der Waals surface area contributed by atoms with Gasteiger partial charge in [-0.3, -0.25) is 4.72 Å². The van der Waals surface area contributed by atoms with Crippen LogP contribution in [0.4, 0.5) is 15.8 Å². The van der Waals surface area contributed by atoms with Gasteiger partial charge in [-0.2, -0.15) is 0 Å². The summed E-state index contributed by atoms with van der Waals surface area (Å²) in [5.41, 5.74) is 7.49. The molecule has 0 aliphatic heterocycles.